The molecule has 0 bridgehead atoms. The van der Waals surface area contributed by atoms with E-state index in [1.54, 1.807) is 13.3 Å². The van der Waals surface area contributed by atoms with Crippen molar-refractivity contribution in [3.8, 4) is 17.2 Å². The van der Waals surface area contributed by atoms with E-state index in [4.69, 9.17) is 18.9 Å². The zero-order chi connectivity index (χ0) is 26.3. The first-order valence-electron chi connectivity index (χ1n) is 12.2. The van der Waals surface area contributed by atoms with E-state index in [1.807, 2.05) is 31.3 Å². The van der Waals surface area contributed by atoms with Crippen molar-refractivity contribution in [2.45, 2.75) is 32.0 Å². The highest BCUT2D eigenvalue weighted by molar-refractivity contribution is 5.43. The lowest BCUT2D eigenvalue weighted by atomic mass is 10.1. The number of halogens is 2. The molecule has 3 aromatic rings. The van der Waals surface area contributed by atoms with Gasteiger partial charge in [0.15, 0.2) is 11.5 Å². The van der Waals surface area contributed by atoms with E-state index in [9.17, 15) is 13.9 Å². The van der Waals surface area contributed by atoms with Crippen LogP contribution in [0.4, 0.5) is 8.78 Å². The number of β-amino-alcohol motifs (C(OH)–C–C–N with tert-alkyl or cyclic N) is 1. The highest BCUT2D eigenvalue weighted by Crippen LogP contribution is 2.29. The van der Waals surface area contributed by atoms with Gasteiger partial charge in [-0.2, -0.15) is 0 Å². The average Bonchev–Trinajstić information content (AvgIpc) is 3.17. The number of aromatic nitrogens is 2. The van der Waals surface area contributed by atoms with Crippen LogP contribution in [0.1, 0.15) is 17.8 Å². The van der Waals surface area contributed by atoms with Crippen LogP contribution >= 0.6 is 0 Å². The number of benzene rings is 2. The van der Waals surface area contributed by atoms with Crippen molar-refractivity contribution in [3.63, 3.8) is 0 Å². The summed E-state index contributed by atoms with van der Waals surface area (Å²) >= 11 is 0. The molecule has 2 aromatic carbocycles. The highest BCUT2D eigenvalue weighted by atomic mass is 19.1. The highest BCUT2D eigenvalue weighted by Gasteiger charge is 2.33. The summed E-state index contributed by atoms with van der Waals surface area (Å²) in [7, 11) is 1.60. The second-order valence-corrected chi connectivity index (χ2v) is 9.24. The van der Waals surface area contributed by atoms with Crippen molar-refractivity contribution in [2.24, 2.45) is 0 Å². The number of aliphatic hydroxyl groups is 1. The molecule has 0 spiro atoms. The Morgan fingerprint density at radius 2 is 1.92 bits per heavy atom. The molecule has 1 saturated heterocycles. The SMILES string of the molecule is COc1ccc(CN2CCOC[C@](O)(COc3cc(F)cc(F)c3)C2)cc1OCCCn1ccnc1C. The van der Waals surface area contributed by atoms with Crippen molar-refractivity contribution in [1.29, 1.82) is 0 Å². The van der Waals surface area contributed by atoms with Gasteiger partial charge < -0.3 is 28.6 Å². The first kappa shape index (κ1) is 26.8. The number of imidazole rings is 1. The molecule has 1 aliphatic heterocycles. The third-order valence-corrected chi connectivity index (χ3v) is 6.14. The Morgan fingerprint density at radius 1 is 1.11 bits per heavy atom. The quantitative estimate of drug-likeness (QED) is 0.390. The number of methoxy groups -OCH3 is 1. The Bertz CT molecular complexity index is 1150. The van der Waals surface area contributed by atoms with Gasteiger partial charge in [-0.15, -0.1) is 0 Å². The lowest BCUT2D eigenvalue weighted by Crippen LogP contribution is -2.48. The van der Waals surface area contributed by atoms with E-state index >= 15 is 0 Å². The Balaban J connectivity index is 1.35. The monoisotopic (exact) mass is 517 g/mol. The van der Waals surface area contributed by atoms with Crippen LogP contribution in [0, 0.1) is 18.6 Å². The summed E-state index contributed by atoms with van der Waals surface area (Å²) in [5.74, 6) is 0.802. The lowest BCUT2D eigenvalue weighted by Gasteiger charge is -2.30. The predicted molar refractivity (Wildman–Crippen MR) is 133 cm³/mol. The van der Waals surface area contributed by atoms with Crippen molar-refractivity contribution in [2.75, 3.05) is 46.6 Å². The zero-order valence-electron chi connectivity index (χ0n) is 21.2. The molecular formula is C27H33F2N3O5. The van der Waals surface area contributed by atoms with Gasteiger partial charge in [-0.3, -0.25) is 4.90 Å². The average molecular weight is 518 g/mol. The number of hydrogen-bond donors (Lipinski definition) is 1. The van der Waals surface area contributed by atoms with Gasteiger partial charge in [0.25, 0.3) is 0 Å². The summed E-state index contributed by atoms with van der Waals surface area (Å²) in [6, 6.07) is 8.70. The van der Waals surface area contributed by atoms with E-state index in [1.165, 1.54) is 0 Å². The van der Waals surface area contributed by atoms with Crippen molar-refractivity contribution in [1.82, 2.24) is 14.5 Å². The van der Waals surface area contributed by atoms with Crippen LogP contribution in [-0.2, 0) is 17.8 Å². The van der Waals surface area contributed by atoms with Crippen LogP contribution < -0.4 is 14.2 Å². The van der Waals surface area contributed by atoms with Crippen LogP contribution in [0.15, 0.2) is 48.8 Å². The first-order valence-corrected chi connectivity index (χ1v) is 12.2. The zero-order valence-corrected chi connectivity index (χ0v) is 21.2. The summed E-state index contributed by atoms with van der Waals surface area (Å²) in [6.45, 7) is 5.01. The minimum atomic E-state index is -1.35. The molecule has 0 amide bonds. The van der Waals surface area contributed by atoms with Crippen molar-refractivity contribution < 1.29 is 32.8 Å². The molecule has 200 valence electrons. The van der Waals surface area contributed by atoms with Gasteiger partial charge in [-0.1, -0.05) is 6.07 Å². The largest absolute Gasteiger partial charge is 0.493 e. The molecule has 1 atom stereocenters. The minimum Gasteiger partial charge on any atom is -0.493 e. The smallest absolute Gasteiger partial charge is 0.161 e. The molecule has 0 radical (unpaired) electrons. The molecule has 10 heteroatoms. The van der Waals surface area contributed by atoms with E-state index in [2.05, 4.69) is 14.5 Å². The van der Waals surface area contributed by atoms with Gasteiger partial charge in [0.2, 0.25) is 0 Å². The molecule has 8 nitrogen and oxygen atoms in total. The fourth-order valence-electron chi connectivity index (χ4n) is 4.30. The van der Waals surface area contributed by atoms with Gasteiger partial charge in [-0.05, 0) is 31.0 Å². The van der Waals surface area contributed by atoms with Crippen LogP contribution in [0.3, 0.4) is 0 Å². The van der Waals surface area contributed by atoms with Crippen molar-refractivity contribution in [3.05, 3.63) is 71.8 Å². The van der Waals surface area contributed by atoms with E-state index in [0.717, 1.165) is 42.6 Å². The fourth-order valence-corrected chi connectivity index (χ4v) is 4.30. The molecule has 2 heterocycles. The van der Waals surface area contributed by atoms with Crippen molar-refractivity contribution >= 4 is 0 Å². The standard InChI is InChI=1S/C27H33F2N3O5/c1-20-30-6-8-32(20)7-3-10-36-26-12-21(4-5-25(26)34-2)16-31-9-11-35-18-27(33,17-31)19-37-24-14-22(28)13-23(29)15-24/h4-6,8,12-15,33H,3,7,9-11,16-19H2,1-2H3/t27-/m0/s1. The molecule has 4 rings (SSSR count). The number of nitrogens with zero attached hydrogens (tertiary/aromatic N) is 3. The molecule has 0 aliphatic carbocycles. The van der Waals surface area contributed by atoms with Crippen LogP contribution in [0.25, 0.3) is 0 Å². The third kappa shape index (κ3) is 7.64. The van der Waals surface area contributed by atoms with Gasteiger partial charge in [0, 0.05) is 56.8 Å². The summed E-state index contributed by atoms with van der Waals surface area (Å²) in [4.78, 5) is 6.28. The number of ether oxygens (including phenoxy) is 4. The second kappa shape index (κ2) is 12.4. The summed E-state index contributed by atoms with van der Waals surface area (Å²) in [6.07, 6.45) is 4.55. The maximum atomic E-state index is 13.5. The molecule has 1 N–H and O–H groups in total. The Morgan fingerprint density at radius 3 is 2.65 bits per heavy atom. The molecule has 1 aromatic heterocycles. The summed E-state index contributed by atoms with van der Waals surface area (Å²) in [5, 5.41) is 11.1. The second-order valence-electron chi connectivity index (χ2n) is 9.24. The van der Waals surface area contributed by atoms with E-state index in [0.29, 0.717) is 37.8 Å². The molecule has 1 fully saturated rings. The Kier molecular flexibility index (Phi) is 8.96. The normalized spacial score (nSPS) is 18.4. The van der Waals surface area contributed by atoms with Gasteiger partial charge >= 0.3 is 0 Å². The maximum absolute atomic E-state index is 13.5. The predicted octanol–water partition coefficient (Wildman–Crippen LogP) is 3.59. The minimum absolute atomic E-state index is 0.0156. The number of hydrogen-bond acceptors (Lipinski definition) is 7. The maximum Gasteiger partial charge on any atom is 0.161 e. The van der Waals surface area contributed by atoms with E-state index < -0.39 is 17.2 Å². The topological polar surface area (TPSA) is 78.2 Å². The number of aryl methyl sites for hydroxylation is 2. The van der Waals surface area contributed by atoms with Gasteiger partial charge in [-0.25, -0.2) is 13.8 Å². The van der Waals surface area contributed by atoms with E-state index in [-0.39, 0.29) is 25.5 Å². The van der Waals surface area contributed by atoms with Gasteiger partial charge in [0.05, 0.1) is 26.9 Å². The van der Waals surface area contributed by atoms with Crippen LogP contribution in [0.5, 0.6) is 17.2 Å². The summed E-state index contributed by atoms with van der Waals surface area (Å²) in [5.41, 5.74) is -0.366. The summed E-state index contributed by atoms with van der Waals surface area (Å²) < 4.78 is 51.7. The van der Waals surface area contributed by atoms with Crippen LogP contribution in [0.2, 0.25) is 0 Å². The molecule has 0 unspecified atom stereocenters. The lowest BCUT2D eigenvalue weighted by molar-refractivity contribution is -0.0647. The third-order valence-electron chi connectivity index (χ3n) is 6.14. The first-order chi connectivity index (χ1) is 17.8. The molecule has 1 aliphatic rings. The molecular weight excluding hydrogens is 484 g/mol. The Hall–Kier alpha value is -3.21. The van der Waals surface area contributed by atoms with Gasteiger partial charge in [0.1, 0.15) is 35.4 Å². The molecule has 37 heavy (non-hydrogen) atoms. The fraction of sp³-hybridized carbons (Fsp3) is 0.444. The molecule has 0 saturated carbocycles. The number of rotatable bonds is 11. The van der Waals surface area contributed by atoms with Crippen LogP contribution in [-0.4, -0.2) is 71.8 Å². The Labute approximate surface area is 215 Å².